The third-order valence-electron chi connectivity index (χ3n) is 3.58. The van der Waals surface area contributed by atoms with Crippen molar-refractivity contribution in [3.8, 4) is 0 Å². The first-order valence-electron chi connectivity index (χ1n) is 7.27. The lowest BCUT2D eigenvalue weighted by Gasteiger charge is -2.12. The zero-order valence-corrected chi connectivity index (χ0v) is 12.6. The van der Waals surface area contributed by atoms with Crippen LogP contribution in [0.25, 0.3) is 0 Å². The van der Waals surface area contributed by atoms with Crippen molar-refractivity contribution in [1.29, 1.82) is 0 Å². The summed E-state index contributed by atoms with van der Waals surface area (Å²) in [7, 11) is 0. The molecule has 0 atom stereocenters. The molecule has 1 saturated heterocycles. The standard InChI is InChI=1S/C17H14FN3O3/c18-13-2-1-3-14(8-13)20-16(23)12-6-4-11(5-7-12)10-21-15(22)9-19-17(21)24/h1-8H,9-10H2,(H,19,24)(H,20,23). The molecule has 0 aliphatic carbocycles. The van der Waals surface area contributed by atoms with Gasteiger partial charge in [-0.3, -0.25) is 14.5 Å². The second-order valence-electron chi connectivity index (χ2n) is 5.30. The summed E-state index contributed by atoms with van der Waals surface area (Å²) in [6.45, 7) is 0.156. The van der Waals surface area contributed by atoms with Crippen molar-refractivity contribution >= 4 is 23.5 Å². The lowest BCUT2D eigenvalue weighted by atomic mass is 10.1. The molecule has 0 radical (unpaired) electrons. The van der Waals surface area contributed by atoms with Crippen molar-refractivity contribution in [3.05, 3.63) is 65.5 Å². The highest BCUT2D eigenvalue weighted by Gasteiger charge is 2.28. The van der Waals surface area contributed by atoms with Crippen molar-refractivity contribution in [3.63, 3.8) is 0 Å². The zero-order valence-electron chi connectivity index (χ0n) is 12.6. The predicted octanol–water partition coefficient (Wildman–Crippen LogP) is 2.13. The minimum absolute atomic E-state index is 0.00690. The molecule has 1 aliphatic heterocycles. The van der Waals surface area contributed by atoms with Crippen LogP contribution in [0.4, 0.5) is 14.9 Å². The van der Waals surface area contributed by atoms with Crippen LogP contribution in [0.5, 0.6) is 0 Å². The maximum Gasteiger partial charge on any atom is 0.324 e. The van der Waals surface area contributed by atoms with Gasteiger partial charge in [0, 0.05) is 11.3 Å². The van der Waals surface area contributed by atoms with Gasteiger partial charge in [0.05, 0.1) is 13.1 Å². The number of nitrogens with one attached hydrogen (secondary N) is 2. The number of imide groups is 1. The molecular weight excluding hydrogens is 313 g/mol. The van der Waals surface area contributed by atoms with E-state index in [1.807, 2.05) is 0 Å². The number of benzene rings is 2. The number of carbonyl (C=O) groups is 3. The molecule has 4 amide bonds. The van der Waals surface area contributed by atoms with Gasteiger partial charge >= 0.3 is 6.03 Å². The van der Waals surface area contributed by atoms with E-state index in [2.05, 4.69) is 10.6 Å². The van der Waals surface area contributed by atoms with E-state index in [-0.39, 0.29) is 24.9 Å². The Bertz CT molecular complexity index is 789. The minimum Gasteiger partial charge on any atom is -0.329 e. The fourth-order valence-electron chi connectivity index (χ4n) is 2.33. The maximum atomic E-state index is 13.1. The molecular formula is C17H14FN3O3. The highest BCUT2D eigenvalue weighted by atomic mass is 19.1. The smallest absolute Gasteiger partial charge is 0.324 e. The van der Waals surface area contributed by atoms with Crippen molar-refractivity contribution in [2.75, 3.05) is 11.9 Å². The largest absolute Gasteiger partial charge is 0.329 e. The molecule has 2 aromatic carbocycles. The molecule has 122 valence electrons. The number of urea groups is 1. The van der Waals surface area contributed by atoms with Gasteiger partial charge in [-0.15, -0.1) is 0 Å². The normalized spacial score (nSPS) is 13.8. The summed E-state index contributed by atoms with van der Waals surface area (Å²) in [6, 6.07) is 11.7. The van der Waals surface area contributed by atoms with E-state index in [1.165, 1.54) is 18.2 Å². The summed E-state index contributed by atoms with van der Waals surface area (Å²) in [5.41, 5.74) is 1.48. The van der Waals surface area contributed by atoms with Crippen LogP contribution in [-0.2, 0) is 11.3 Å². The van der Waals surface area contributed by atoms with Crippen LogP contribution < -0.4 is 10.6 Å². The van der Waals surface area contributed by atoms with Gasteiger partial charge in [0.2, 0.25) is 5.91 Å². The van der Waals surface area contributed by atoms with Gasteiger partial charge in [-0.2, -0.15) is 0 Å². The van der Waals surface area contributed by atoms with Crippen LogP contribution in [0.3, 0.4) is 0 Å². The minimum atomic E-state index is -0.434. The molecule has 7 heteroatoms. The zero-order chi connectivity index (χ0) is 17.1. The first-order chi connectivity index (χ1) is 11.5. The van der Waals surface area contributed by atoms with Crippen molar-refractivity contribution in [2.45, 2.75) is 6.54 Å². The average Bonchev–Trinajstić information content (AvgIpc) is 2.87. The lowest BCUT2D eigenvalue weighted by Crippen LogP contribution is -2.30. The van der Waals surface area contributed by atoms with E-state index >= 15 is 0 Å². The summed E-state index contributed by atoms with van der Waals surface area (Å²) in [6.07, 6.45) is 0. The Morgan fingerprint density at radius 3 is 2.54 bits per heavy atom. The van der Waals surface area contributed by atoms with E-state index in [0.29, 0.717) is 11.3 Å². The summed E-state index contributed by atoms with van der Waals surface area (Å²) < 4.78 is 13.1. The van der Waals surface area contributed by atoms with E-state index in [4.69, 9.17) is 0 Å². The topological polar surface area (TPSA) is 78.5 Å². The Balaban J connectivity index is 1.66. The number of hydrogen-bond acceptors (Lipinski definition) is 3. The molecule has 1 fully saturated rings. The number of anilines is 1. The first-order valence-corrected chi connectivity index (χ1v) is 7.27. The summed E-state index contributed by atoms with van der Waals surface area (Å²) >= 11 is 0. The van der Waals surface area contributed by atoms with Crippen LogP contribution in [-0.4, -0.2) is 29.3 Å². The second kappa shape index (κ2) is 6.49. The summed E-state index contributed by atoms with van der Waals surface area (Å²) in [5.74, 6) is -1.09. The Hall–Kier alpha value is -3.22. The van der Waals surface area contributed by atoms with E-state index < -0.39 is 11.8 Å². The Morgan fingerprint density at radius 1 is 1.17 bits per heavy atom. The number of carbonyl (C=O) groups excluding carboxylic acids is 3. The van der Waals surface area contributed by atoms with Gasteiger partial charge in [-0.1, -0.05) is 18.2 Å². The van der Waals surface area contributed by atoms with E-state index in [9.17, 15) is 18.8 Å². The second-order valence-corrected chi connectivity index (χ2v) is 5.30. The van der Waals surface area contributed by atoms with Gasteiger partial charge in [-0.05, 0) is 35.9 Å². The fraction of sp³-hybridized carbons (Fsp3) is 0.118. The molecule has 24 heavy (non-hydrogen) atoms. The molecule has 6 nitrogen and oxygen atoms in total. The van der Waals surface area contributed by atoms with Crippen LogP contribution in [0.1, 0.15) is 15.9 Å². The Kier molecular flexibility index (Phi) is 4.24. The molecule has 0 saturated carbocycles. The quantitative estimate of drug-likeness (QED) is 0.845. The highest BCUT2D eigenvalue weighted by Crippen LogP contribution is 2.13. The molecule has 0 spiro atoms. The molecule has 3 rings (SSSR count). The number of nitrogens with zero attached hydrogens (tertiary/aromatic N) is 1. The molecule has 1 heterocycles. The Labute approximate surface area is 137 Å². The number of halogens is 1. The highest BCUT2D eigenvalue weighted by molar-refractivity contribution is 6.04. The molecule has 2 aromatic rings. The van der Waals surface area contributed by atoms with Gasteiger partial charge in [0.1, 0.15) is 5.82 Å². The summed E-state index contributed by atoms with van der Waals surface area (Å²) in [4.78, 5) is 36.3. The average molecular weight is 327 g/mol. The number of rotatable bonds is 4. The van der Waals surface area contributed by atoms with E-state index in [0.717, 1.165) is 10.5 Å². The molecule has 1 aliphatic rings. The Morgan fingerprint density at radius 2 is 1.92 bits per heavy atom. The van der Waals surface area contributed by atoms with Crippen LogP contribution in [0, 0.1) is 5.82 Å². The van der Waals surface area contributed by atoms with Gasteiger partial charge in [0.25, 0.3) is 5.91 Å². The van der Waals surface area contributed by atoms with Gasteiger partial charge in [-0.25, -0.2) is 9.18 Å². The number of hydrogen-bond donors (Lipinski definition) is 2. The number of amides is 4. The van der Waals surface area contributed by atoms with Crippen LogP contribution in [0.2, 0.25) is 0 Å². The van der Waals surface area contributed by atoms with Gasteiger partial charge < -0.3 is 10.6 Å². The van der Waals surface area contributed by atoms with Crippen molar-refractivity contribution in [2.24, 2.45) is 0 Å². The van der Waals surface area contributed by atoms with Crippen LogP contribution >= 0.6 is 0 Å². The first kappa shape index (κ1) is 15.7. The predicted molar refractivity (Wildman–Crippen MR) is 84.7 cm³/mol. The molecule has 0 bridgehead atoms. The van der Waals surface area contributed by atoms with Crippen LogP contribution in [0.15, 0.2) is 48.5 Å². The van der Waals surface area contributed by atoms with Crippen molar-refractivity contribution in [1.82, 2.24) is 10.2 Å². The molecule has 0 aromatic heterocycles. The van der Waals surface area contributed by atoms with Gasteiger partial charge in [0.15, 0.2) is 0 Å². The fourth-order valence-corrected chi connectivity index (χ4v) is 2.33. The molecule has 2 N–H and O–H groups in total. The van der Waals surface area contributed by atoms with E-state index in [1.54, 1.807) is 30.3 Å². The third-order valence-corrected chi connectivity index (χ3v) is 3.58. The van der Waals surface area contributed by atoms with Crippen molar-refractivity contribution < 1.29 is 18.8 Å². The monoisotopic (exact) mass is 327 g/mol. The lowest BCUT2D eigenvalue weighted by molar-refractivity contribution is -0.125. The summed E-state index contributed by atoms with van der Waals surface area (Å²) in [5, 5.41) is 5.04. The maximum absolute atomic E-state index is 13.1. The SMILES string of the molecule is O=C(Nc1cccc(F)c1)c1ccc(CN2C(=O)CNC2=O)cc1. The third kappa shape index (κ3) is 3.40. The molecule has 0 unspecified atom stereocenters.